The first kappa shape index (κ1) is 16.8. The molecular weight excluding hydrogens is 347 g/mol. The molecule has 1 aliphatic rings. The minimum absolute atomic E-state index is 0.126. The van der Waals surface area contributed by atoms with Gasteiger partial charge in [0, 0.05) is 24.0 Å². The number of halogens is 2. The summed E-state index contributed by atoms with van der Waals surface area (Å²) in [6.07, 6.45) is -0.281. The van der Waals surface area contributed by atoms with E-state index in [0.717, 1.165) is 11.3 Å². The van der Waals surface area contributed by atoms with Gasteiger partial charge in [-0.05, 0) is 42.0 Å². The molecule has 5 nitrogen and oxygen atoms in total. The van der Waals surface area contributed by atoms with Crippen LogP contribution in [0.2, 0.25) is 10.0 Å². The number of anilines is 1. The molecule has 0 radical (unpaired) electrons. The lowest BCUT2D eigenvalue weighted by molar-refractivity contribution is -0.112. The van der Waals surface area contributed by atoms with Crippen LogP contribution in [0.1, 0.15) is 18.7 Å². The Morgan fingerprint density at radius 1 is 1.04 bits per heavy atom. The number of ketones is 1. The monoisotopic (exact) mass is 362 g/mol. The van der Waals surface area contributed by atoms with Crippen molar-refractivity contribution >= 4 is 40.5 Å². The van der Waals surface area contributed by atoms with Crippen molar-refractivity contribution in [2.45, 2.75) is 13.1 Å². The molecule has 0 unspecified atom stereocenters. The molecule has 2 aromatic rings. The van der Waals surface area contributed by atoms with E-state index in [2.05, 4.69) is 10.5 Å². The van der Waals surface area contributed by atoms with Crippen molar-refractivity contribution < 1.29 is 4.79 Å². The summed E-state index contributed by atoms with van der Waals surface area (Å²) in [5.74, 6) is 0.202. The van der Waals surface area contributed by atoms with Crippen LogP contribution in [-0.4, -0.2) is 23.7 Å². The van der Waals surface area contributed by atoms with Crippen molar-refractivity contribution in [2.24, 2.45) is 5.10 Å². The van der Waals surface area contributed by atoms with Crippen LogP contribution >= 0.6 is 23.2 Å². The Bertz CT molecular complexity index is 774. The van der Waals surface area contributed by atoms with Crippen LogP contribution in [0.25, 0.3) is 0 Å². The van der Waals surface area contributed by atoms with E-state index < -0.39 is 0 Å². The molecular formula is C17H16Cl2N4O. The molecule has 124 valence electrons. The SMILES string of the molecule is CC(=O)C1=NN(c2ccc(Cl)cc2)[C@H](c2ccc(Cl)cc2)NN1C. The summed E-state index contributed by atoms with van der Waals surface area (Å²) in [5.41, 5.74) is 5.06. The average molecular weight is 363 g/mol. The van der Waals surface area contributed by atoms with Gasteiger partial charge in [-0.15, -0.1) is 5.10 Å². The lowest BCUT2D eigenvalue weighted by Gasteiger charge is -2.39. The van der Waals surface area contributed by atoms with Crippen molar-refractivity contribution in [3.05, 3.63) is 64.1 Å². The molecule has 7 heteroatoms. The molecule has 0 aromatic heterocycles. The average Bonchev–Trinajstić information content (AvgIpc) is 2.56. The van der Waals surface area contributed by atoms with E-state index in [0.29, 0.717) is 15.9 Å². The van der Waals surface area contributed by atoms with Gasteiger partial charge < -0.3 is 0 Å². The molecule has 2 aromatic carbocycles. The smallest absolute Gasteiger partial charge is 0.206 e. The van der Waals surface area contributed by atoms with Crippen LogP contribution in [0.5, 0.6) is 0 Å². The van der Waals surface area contributed by atoms with E-state index >= 15 is 0 Å². The zero-order valence-electron chi connectivity index (χ0n) is 13.2. The number of carbonyl (C=O) groups is 1. The number of hydrazone groups is 1. The molecule has 0 spiro atoms. The van der Waals surface area contributed by atoms with E-state index in [1.165, 1.54) is 6.92 Å². The number of hydrogen-bond acceptors (Lipinski definition) is 5. The van der Waals surface area contributed by atoms with Crippen LogP contribution in [0, 0.1) is 0 Å². The number of rotatable bonds is 3. The highest BCUT2D eigenvalue weighted by atomic mass is 35.5. The third-order valence-electron chi connectivity index (χ3n) is 3.67. The van der Waals surface area contributed by atoms with E-state index in [4.69, 9.17) is 23.2 Å². The lowest BCUT2D eigenvalue weighted by atomic mass is 10.1. The number of hydrogen-bond donors (Lipinski definition) is 1. The molecule has 24 heavy (non-hydrogen) atoms. The largest absolute Gasteiger partial charge is 0.291 e. The van der Waals surface area contributed by atoms with Gasteiger partial charge in [0.15, 0.2) is 5.78 Å². The topological polar surface area (TPSA) is 47.9 Å². The lowest BCUT2D eigenvalue weighted by Crippen LogP contribution is -2.54. The number of nitrogens with zero attached hydrogens (tertiary/aromatic N) is 3. The highest BCUT2D eigenvalue weighted by Crippen LogP contribution is 2.30. The van der Waals surface area contributed by atoms with Gasteiger partial charge in [0.1, 0.15) is 6.17 Å². The highest BCUT2D eigenvalue weighted by molar-refractivity contribution is 6.37. The van der Waals surface area contributed by atoms with Gasteiger partial charge >= 0.3 is 0 Å². The summed E-state index contributed by atoms with van der Waals surface area (Å²) in [7, 11) is 1.77. The summed E-state index contributed by atoms with van der Waals surface area (Å²) < 4.78 is 0. The Balaban J connectivity index is 2.06. The van der Waals surface area contributed by atoms with Gasteiger partial charge in [0.05, 0.1) is 5.69 Å². The van der Waals surface area contributed by atoms with Gasteiger partial charge in [0.2, 0.25) is 5.84 Å². The quantitative estimate of drug-likeness (QED) is 0.900. The molecule has 0 amide bonds. The molecule has 0 saturated carbocycles. The third-order valence-corrected chi connectivity index (χ3v) is 4.18. The predicted molar refractivity (Wildman–Crippen MR) is 97.1 cm³/mol. The standard InChI is InChI=1S/C17H16Cl2N4O/c1-11(24)16-21-23(15-9-7-14(19)8-10-15)17(20-22(16)2)12-3-5-13(18)6-4-12/h3-10,17,20H,1-2H3/t17-/m1/s1. The van der Waals surface area contributed by atoms with Crippen LogP contribution in [-0.2, 0) is 4.79 Å². The maximum Gasteiger partial charge on any atom is 0.206 e. The van der Waals surface area contributed by atoms with Gasteiger partial charge in [0.25, 0.3) is 0 Å². The van der Waals surface area contributed by atoms with Crippen LogP contribution in [0.3, 0.4) is 0 Å². The minimum atomic E-state index is -0.281. The number of amidine groups is 1. The first-order chi connectivity index (χ1) is 11.5. The number of nitrogens with one attached hydrogen (secondary N) is 1. The maximum absolute atomic E-state index is 11.9. The molecule has 0 fully saturated rings. The van der Waals surface area contributed by atoms with Crippen molar-refractivity contribution in [3.63, 3.8) is 0 Å². The first-order valence-corrected chi connectivity index (χ1v) is 8.11. The highest BCUT2D eigenvalue weighted by Gasteiger charge is 2.30. The normalized spacial score (nSPS) is 17.7. The maximum atomic E-state index is 11.9. The number of carbonyl (C=O) groups excluding carboxylic acids is 1. The van der Waals surface area contributed by atoms with E-state index in [-0.39, 0.29) is 11.9 Å². The zero-order chi connectivity index (χ0) is 17.3. The second-order valence-corrected chi connectivity index (χ2v) is 6.32. The van der Waals surface area contributed by atoms with E-state index in [9.17, 15) is 4.79 Å². The van der Waals surface area contributed by atoms with Gasteiger partial charge in [-0.3, -0.25) is 9.80 Å². The van der Waals surface area contributed by atoms with Crippen molar-refractivity contribution in [1.29, 1.82) is 0 Å². The molecule has 1 heterocycles. The van der Waals surface area contributed by atoms with Gasteiger partial charge in [-0.2, -0.15) is 0 Å². The molecule has 0 bridgehead atoms. The van der Waals surface area contributed by atoms with Crippen molar-refractivity contribution in [1.82, 2.24) is 10.4 Å². The molecule has 1 N–H and O–H groups in total. The molecule has 1 aliphatic heterocycles. The van der Waals surface area contributed by atoms with Gasteiger partial charge in [-0.25, -0.2) is 10.4 Å². The molecule has 3 rings (SSSR count). The molecule has 0 saturated heterocycles. The summed E-state index contributed by atoms with van der Waals surface area (Å²) in [4.78, 5) is 11.9. The van der Waals surface area contributed by atoms with Crippen LogP contribution < -0.4 is 10.4 Å². The number of benzene rings is 2. The van der Waals surface area contributed by atoms with Crippen molar-refractivity contribution in [3.8, 4) is 0 Å². The Hall–Kier alpha value is -2.08. The molecule has 1 atom stereocenters. The van der Waals surface area contributed by atoms with Crippen LogP contribution in [0.4, 0.5) is 5.69 Å². The first-order valence-electron chi connectivity index (χ1n) is 7.35. The molecule has 0 aliphatic carbocycles. The van der Waals surface area contributed by atoms with Gasteiger partial charge in [-0.1, -0.05) is 35.3 Å². The van der Waals surface area contributed by atoms with Crippen molar-refractivity contribution in [2.75, 3.05) is 12.1 Å². The number of Topliss-reactive ketones (excluding diaryl/α,β-unsaturated/α-hetero) is 1. The summed E-state index contributed by atoms with van der Waals surface area (Å²) >= 11 is 12.0. The van der Waals surface area contributed by atoms with E-state index in [1.54, 1.807) is 29.2 Å². The summed E-state index contributed by atoms with van der Waals surface area (Å²) in [6, 6.07) is 14.8. The van der Waals surface area contributed by atoms with E-state index in [1.807, 2.05) is 36.4 Å². The summed E-state index contributed by atoms with van der Waals surface area (Å²) in [6.45, 7) is 1.49. The Morgan fingerprint density at radius 2 is 1.58 bits per heavy atom. The number of likely N-dealkylation sites (N-methyl/N-ethyl adjacent to an activating group) is 1. The fourth-order valence-electron chi connectivity index (χ4n) is 2.49. The Kier molecular flexibility index (Phi) is 4.76. The zero-order valence-corrected chi connectivity index (χ0v) is 14.7. The van der Waals surface area contributed by atoms with Crippen LogP contribution in [0.15, 0.2) is 53.6 Å². The third kappa shape index (κ3) is 3.38. The number of hydrazine groups is 1. The predicted octanol–water partition coefficient (Wildman–Crippen LogP) is 3.85. The second-order valence-electron chi connectivity index (χ2n) is 5.44. The Morgan fingerprint density at radius 3 is 2.12 bits per heavy atom. The minimum Gasteiger partial charge on any atom is -0.291 e. The fourth-order valence-corrected chi connectivity index (χ4v) is 2.75. The Labute approximate surface area is 150 Å². The second kappa shape index (κ2) is 6.81. The summed E-state index contributed by atoms with van der Waals surface area (Å²) in [5, 5.41) is 9.22. The fraction of sp³-hybridized carbons (Fsp3) is 0.176.